The summed E-state index contributed by atoms with van der Waals surface area (Å²) in [5, 5.41) is 7.04. The molecule has 1 saturated heterocycles. The van der Waals surface area contributed by atoms with Crippen LogP contribution >= 0.6 is 0 Å². The molecule has 1 N–H and O–H groups in total. The summed E-state index contributed by atoms with van der Waals surface area (Å²) in [6.45, 7) is 4.54. The van der Waals surface area contributed by atoms with E-state index in [4.69, 9.17) is 9.47 Å². The van der Waals surface area contributed by atoms with Crippen LogP contribution in [0.5, 0.6) is 5.75 Å². The monoisotopic (exact) mass is 488 g/mol. The van der Waals surface area contributed by atoms with Crippen LogP contribution in [0.25, 0.3) is 5.69 Å². The van der Waals surface area contributed by atoms with Crippen LogP contribution in [0, 0.1) is 6.92 Å². The molecule has 0 unspecified atom stereocenters. The number of nitrogens with one attached hydrogen (secondary N) is 1. The van der Waals surface area contributed by atoms with Crippen molar-refractivity contribution in [1.82, 2.24) is 20.0 Å². The molecule has 2 aromatic carbocycles. The molecular formula is C25H27F3N4O3. The zero-order valence-corrected chi connectivity index (χ0v) is 19.5. The zero-order chi connectivity index (χ0) is 25.0. The Labute approximate surface area is 201 Å². The first-order valence-corrected chi connectivity index (χ1v) is 11.2. The van der Waals surface area contributed by atoms with Crippen molar-refractivity contribution < 1.29 is 27.4 Å². The lowest BCUT2D eigenvalue weighted by molar-refractivity contribution is -0.137. The number of benzene rings is 2. The molecular weight excluding hydrogens is 461 g/mol. The molecule has 1 atom stereocenters. The molecule has 1 aromatic heterocycles. The van der Waals surface area contributed by atoms with Gasteiger partial charge in [0.15, 0.2) is 0 Å². The van der Waals surface area contributed by atoms with Gasteiger partial charge in [-0.15, -0.1) is 0 Å². The molecule has 0 saturated carbocycles. The summed E-state index contributed by atoms with van der Waals surface area (Å²) < 4.78 is 52.3. The highest BCUT2D eigenvalue weighted by Crippen LogP contribution is 2.34. The molecule has 1 fully saturated rings. The van der Waals surface area contributed by atoms with Gasteiger partial charge in [-0.3, -0.25) is 9.69 Å². The molecule has 1 aliphatic heterocycles. The third kappa shape index (κ3) is 5.49. The average Bonchev–Trinajstić information content (AvgIpc) is 3.25. The van der Waals surface area contributed by atoms with Crippen molar-refractivity contribution in [3.05, 3.63) is 77.1 Å². The Bertz CT molecular complexity index is 1160. The lowest BCUT2D eigenvalue weighted by Gasteiger charge is -2.35. The molecule has 0 spiro atoms. The predicted octanol–water partition coefficient (Wildman–Crippen LogP) is 4.01. The fourth-order valence-electron chi connectivity index (χ4n) is 4.23. The van der Waals surface area contributed by atoms with Crippen LogP contribution in [0.4, 0.5) is 13.2 Å². The van der Waals surface area contributed by atoms with Crippen molar-refractivity contribution in [2.24, 2.45) is 0 Å². The topological polar surface area (TPSA) is 68.6 Å². The van der Waals surface area contributed by atoms with Crippen LogP contribution in [-0.4, -0.2) is 60.5 Å². The molecule has 1 aliphatic rings. The van der Waals surface area contributed by atoms with Gasteiger partial charge < -0.3 is 14.8 Å². The third-order valence-corrected chi connectivity index (χ3v) is 6.14. The summed E-state index contributed by atoms with van der Waals surface area (Å²) in [6, 6.07) is 12.7. The van der Waals surface area contributed by atoms with Gasteiger partial charge in [0.05, 0.1) is 55.1 Å². The Hall–Kier alpha value is -3.37. The summed E-state index contributed by atoms with van der Waals surface area (Å²) in [5.74, 6) is 0.339. The van der Waals surface area contributed by atoms with Crippen LogP contribution in [0.1, 0.15) is 33.2 Å². The van der Waals surface area contributed by atoms with E-state index in [-0.39, 0.29) is 17.3 Å². The van der Waals surface area contributed by atoms with Crippen LogP contribution < -0.4 is 10.1 Å². The molecule has 0 aliphatic carbocycles. The van der Waals surface area contributed by atoms with Crippen molar-refractivity contribution in [3.63, 3.8) is 0 Å². The number of ether oxygens (including phenoxy) is 2. The maximum absolute atomic E-state index is 13.5. The predicted molar refractivity (Wildman–Crippen MR) is 124 cm³/mol. The van der Waals surface area contributed by atoms with Gasteiger partial charge in [0.2, 0.25) is 0 Å². The van der Waals surface area contributed by atoms with Gasteiger partial charge in [0, 0.05) is 19.6 Å². The van der Waals surface area contributed by atoms with Gasteiger partial charge in [-0.2, -0.15) is 18.3 Å². The number of nitrogens with zero attached hydrogens (tertiary/aromatic N) is 3. The van der Waals surface area contributed by atoms with E-state index in [1.165, 1.54) is 24.4 Å². The van der Waals surface area contributed by atoms with E-state index in [2.05, 4.69) is 15.3 Å². The van der Waals surface area contributed by atoms with E-state index < -0.39 is 17.6 Å². The van der Waals surface area contributed by atoms with Crippen molar-refractivity contribution >= 4 is 5.91 Å². The number of carbonyl (C=O) groups excluding carboxylic acids is 1. The first-order valence-electron chi connectivity index (χ1n) is 11.2. The number of para-hydroxylation sites is 1. The highest BCUT2D eigenvalue weighted by atomic mass is 19.4. The zero-order valence-electron chi connectivity index (χ0n) is 19.5. The van der Waals surface area contributed by atoms with Crippen LogP contribution in [-0.2, 0) is 10.9 Å². The Morgan fingerprint density at radius 3 is 2.49 bits per heavy atom. The minimum absolute atomic E-state index is 0.102. The minimum Gasteiger partial charge on any atom is -0.497 e. The maximum atomic E-state index is 13.5. The van der Waals surface area contributed by atoms with E-state index >= 15 is 0 Å². The Morgan fingerprint density at radius 2 is 1.83 bits per heavy atom. The van der Waals surface area contributed by atoms with E-state index in [1.807, 2.05) is 24.3 Å². The summed E-state index contributed by atoms with van der Waals surface area (Å²) in [6.07, 6.45) is -3.24. The van der Waals surface area contributed by atoms with E-state index in [0.29, 0.717) is 25.5 Å². The van der Waals surface area contributed by atoms with Crippen LogP contribution in [0.15, 0.2) is 54.7 Å². The second kappa shape index (κ2) is 10.5. The quantitative estimate of drug-likeness (QED) is 0.544. The Morgan fingerprint density at radius 1 is 1.14 bits per heavy atom. The normalized spacial score (nSPS) is 15.6. The minimum atomic E-state index is -4.54. The second-order valence-electron chi connectivity index (χ2n) is 8.22. The van der Waals surface area contributed by atoms with Crippen LogP contribution in [0.2, 0.25) is 0 Å². The Balaban J connectivity index is 1.54. The number of carbonyl (C=O) groups is 1. The summed E-state index contributed by atoms with van der Waals surface area (Å²) in [5.41, 5.74) is 0.620. The number of rotatable bonds is 7. The van der Waals surface area contributed by atoms with Gasteiger partial charge in [-0.05, 0) is 36.8 Å². The van der Waals surface area contributed by atoms with Crippen LogP contribution in [0.3, 0.4) is 0 Å². The number of amides is 1. The number of alkyl halides is 3. The fraction of sp³-hybridized carbons (Fsp3) is 0.360. The molecule has 3 aromatic rings. The number of aromatic nitrogens is 2. The summed E-state index contributed by atoms with van der Waals surface area (Å²) >= 11 is 0. The smallest absolute Gasteiger partial charge is 0.418 e. The number of halogens is 3. The largest absolute Gasteiger partial charge is 0.497 e. The molecule has 35 heavy (non-hydrogen) atoms. The third-order valence-electron chi connectivity index (χ3n) is 6.14. The molecule has 0 radical (unpaired) electrons. The molecule has 1 amide bonds. The van der Waals surface area contributed by atoms with E-state index in [9.17, 15) is 18.0 Å². The number of methoxy groups -OCH3 is 1. The molecule has 2 heterocycles. The molecule has 4 rings (SSSR count). The second-order valence-corrected chi connectivity index (χ2v) is 8.22. The van der Waals surface area contributed by atoms with Gasteiger partial charge in [0.1, 0.15) is 5.75 Å². The van der Waals surface area contributed by atoms with Crippen molar-refractivity contribution in [2.75, 3.05) is 40.0 Å². The van der Waals surface area contributed by atoms with Gasteiger partial charge >= 0.3 is 6.18 Å². The van der Waals surface area contributed by atoms with Crippen molar-refractivity contribution in [1.29, 1.82) is 0 Å². The standard InChI is InChI=1S/C25H27F3N4O3/c1-17-20(15-30-32(17)22-6-4-3-5-21(22)25(26,27)28)24(33)29-16-23(31-11-13-35-14-12-31)18-7-9-19(34-2)10-8-18/h3-10,15,23H,11-14,16H2,1-2H3,(H,29,33)/t23-/m1/s1. The highest BCUT2D eigenvalue weighted by Gasteiger charge is 2.34. The number of hydrogen-bond acceptors (Lipinski definition) is 5. The average molecular weight is 489 g/mol. The summed E-state index contributed by atoms with van der Waals surface area (Å²) in [7, 11) is 1.60. The van der Waals surface area contributed by atoms with Gasteiger partial charge in [-0.25, -0.2) is 4.68 Å². The highest BCUT2D eigenvalue weighted by molar-refractivity contribution is 5.95. The first-order chi connectivity index (χ1) is 16.8. The van der Waals surface area contributed by atoms with E-state index in [0.717, 1.165) is 35.2 Å². The van der Waals surface area contributed by atoms with Gasteiger partial charge in [-0.1, -0.05) is 24.3 Å². The molecule has 186 valence electrons. The SMILES string of the molecule is COc1ccc([C@@H](CNC(=O)c2cnn(-c3ccccc3C(F)(F)F)c2C)N2CCOCC2)cc1. The summed E-state index contributed by atoms with van der Waals surface area (Å²) in [4.78, 5) is 15.3. The molecule has 10 heteroatoms. The van der Waals surface area contributed by atoms with Gasteiger partial charge in [0.25, 0.3) is 5.91 Å². The molecule has 7 nitrogen and oxygen atoms in total. The van der Waals surface area contributed by atoms with E-state index in [1.54, 1.807) is 14.0 Å². The lowest BCUT2D eigenvalue weighted by atomic mass is 10.0. The lowest BCUT2D eigenvalue weighted by Crippen LogP contribution is -2.43. The maximum Gasteiger partial charge on any atom is 0.418 e. The van der Waals surface area contributed by atoms with Crippen molar-refractivity contribution in [3.8, 4) is 11.4 Å². The van der Waals surface area contributed by atoms with Crippen molar-refractivity contribution in [2.45, 2.75) is 19.1 Å². The number of hydrogen-bond donors (Lipinski definition) is 1. The first kappa shape index (κ1) is 24.7. The molecule has 0 bridgehead atoms. The number of morpholine rings is 1. The Kier molecular flexibility index (Phi) is 7.42. The fourth-order valence-corrected chi connectivity index (χ4v) is 4.23.